The van der Waals surface area contributed by atoms with Crippen LogP contribution in [0.5, 0.6) is 0 Å². The third kappa shape index (κ3) is 4.49. The molecule has 0 fully saturated rings. The van der Waals surface area contributed by atoms with Crippen LogP contribution in [0.4, 0.5) is 0 Å². The first-order valence-electron chi connectivity index (χ1n) is 8.02. The maximum Gasteiger partial charge on any atom is 1.00 e. The largest absolute Gasteiger partial charge is 1.00 e. The molecule has 0 aliphatic rings. The minimum atomic E-state index is -2.20. The predicted octanol–water partition coefficient (Wildman–Crippen LogP) is 1.76. The van der Waals surface area contributed by atoms with Gasteiger partial charge in [-0.05, 0) is 0 Å². The molecule has 0 bridgehead atoms. The standard InChI is InChI=1S/C19H28NSi2.Li/c1-19(2,3)22(20-21(4,5)6,17-13-9-7-10-14-17)18-15-11-8-12-16-18;/h7-16H,1-6H3;/q-1;+1. The Morgan fingerprint density at radius 1 is 0.696 bits per heavy atom. The van der Waals surface area contributed by atoms with Gasteiger partial charge in [-0.15, -0.1) is 0 Å². The number of rotatable bonds is 4. The van der Waals surface area contributed by atoms with Gasteiger partial charge in [0.25, 0.3) is 0 Å². The molecule has 118 valence electrons. The van der Waals surface area contributed by atoms with Gasteiger partial charge in [0.15, 0.2) is 0 Å². The van der Waals surface area contributed by atoms with Crippen LogP contribution in [-0.2, 0) is 0 Å². The van der Waals surface area contributed by atoms with Gasteiger partial charge in [-0.3, -0.25) is 0 Å². The Bertz CT molecular complexity index is 561. The van der Waals surface area contributed by atoms with E-state index in [4.69, 9.17) is 4.65 Å². The van der Waals surface area contributed by atoms with E-state index >= 15 is 0 Å². The SMILES string of the molecule is CC(C)(C)[Si]([N-][Si](C)(C)C)(c1ccccc1)c1ccccc1.[Li+]. The van der Waals surface area contributed by atoms with Crippen LogP contribution < -0.4 is 29.2 Å². The van der Waals surface area contributed by atoms with Crippen LogP contribution in [-0.4, -0.2) is 16.5 Å². The molecule has 4 heteroatoms. The van der Waals surface area contributed by atoms with Gasteiger partial charge in [0, 0.05) is 8.24 Å². The van der Waals surface area contributed by atoms with Gasteiger partial charge in [-0.2, -0.15) is 0 Å². The zero-order valence-electron chi connectivity index (χ0n) is 15.7. The summed E-state index contributed by atoms with van der Waals surface area (Å²) in [6, 6.07) is 22.0. The van der Waals surface area contributed by atoms with Gasteiger partial charge in [0.2, 0.25) is 0 Å². The predicted molar refractivity (Wildman–Crippen MR) is 104 cm³/mol. The molecule has 23 heavy (non-hydrogen) atoms. The molecular weight excluding hydrogens is 305 g/mol. The van der Waals surface area contributed by atoms with Gasteiger partial charge >= 0.3 is 18.9 Å². The number of benzene rings is 2. The summed E-state index contributed by atoms with van der Waals surface area (Å²) in [6.45, 7) is 14.2. The van der Waals surface area contributed by atoms with Gasteiger partial charge in [-0.25, -0.2) is 0 Å². The smallest absolute Gasteiger partial charge is 0.659 e. The molecule has 0 amide bonds. The van der Waals surface area contributed by atoms with Crippen LogP contribution >= 0.6 is 0 Å². The molecule has 0 aliphatic heterocycles. The van der Waals surface area contributed by atoms with E-state index in [1.165, 1.54) is 10.4 Å². The van der Waals surface area contributed by atoms with Crippen LogP contribution in [0.1, 0.15) is 20.8 Å². The first-order valence-corrected chi connectivity index (χ1v) is 13.4. The van der Waals surface area contributed by atoms with E-state index in [1.54, 1.807) is 0 Å². The molecule has 0 saturated heterocycles. The summed E-state index contributed by atoms with van der Waals surface area (Å²) >= 11 is 0. The second-order valence-electron chi connectivity index (χ2n) is 7.98. The Kier molecular flexibility index (Phi) is 6.72. The van der Waals surface area contributed by atoms with E-state index in [0.717, 1.165) is 0 Å². The molecule has 2 aromatic rings. The van der Waals surface area contributed by atoms with Gasteiger partial charge in [0.1, 0.15) is 0 Å². The van der Waals surface area contributed by atoms with Gasteiger partial charge < -0.3 is 4.65 Å². The quantitative estimate of drug-likeness (QED) is 0.757. The number of hydrogen-bond acceptors (Lipinski definition) is 0. The van der Waals surface area contributed by atoms with E-state index in [9.17, 15) is 0 Å². The Morgan fingerprint density at radius 3 is 1.30 bits per heavy atom. The second kappa shape index (κ2) is 7.55. The van der Waals surface area contributed by atoms with Crippen molar-refractivity contribution in [1.82, 2.24) is 0 Å². The minimum Gasteiger partial charge on any atom is -0.659 e. The van der Waals surface area contributed by atoms with Crippen molar-refractivity contribution in [2.45, 2.75) is 45.5 Å². The van der Waals surface area contributed by atoms with Gasteiger partial charge in [0.05, 0.1) is 0 Å². The summed E-state index contributed by atoms with van der Waals surface area (Å²) in [5.41, 5.74) is 0. The number of nitrogens with zero attached hydrogens (tertiary/aromatic N) is 1. The van der Waals surface area contributed by atoms with E-state index in [1.807, 2.05) is 0 Å². The van der Waals surface area contributed by atoms with Crippen molar-refractivity contribution < 1.29 is 18.9 Å². The molecular formula is C19H28LiNSi2. The molecule has 2 aromatic carbocycles. The Labute approximate surface area is 156 Å². The molecule has 0 radical (unpaired) electrons. The molecule has 2 rings (SSSR count). The third-order valence-corrected chi connectivity index (χ3v) is 12.5. The molecule has 0 atom stereocenters. The fourth-order valence-corrected chi connectivity index (χ4v) is 13.0. The fourth-order valence-electron chi connectivity index (χ4n) is 3.19. The summed E-state index contributed by atoms with van der Waals surface area (Å²) in [6.07, 6.45) is 0. The Morgan fingerprint density at radius 2 is 1.04 bits per heavy atom. The molecule has 0 unspecified atom stereocenters. The summed E-state index contributed by atoms with van der Waals surface area (Å²) in [5.74, 6) is 0. The van der Waals surface area contributed by atoms with Crippen LogP contribution in [0, 0.1) is 0 Å². The molecule has 0 aliphatic carbocycles. The maximum absolute atomic E-state index is 5.63. The van der Waals surface area contributed by atoms with Crippen LogP contribution in [0.15, 0.2) is 60.7 Å². The first kappa shape index (κ1) is 20.5. The summed E-state index contributed by atoms with van der Waals surface area (Å²) in [7, 11) is -3.78. The molecule has 0 spiro atoms. The van der Waals surface area contributed by atoms with Crippen molar-refractivity contribution >= 4 is 26.8 Å². The first-order chi connectivity index (χ1) is 10.2. The van der Waals surface area contributed by atoms with E-state index < -0.39 is 16.5 Å². The topological polar surface area (TPSA) is 14.1 Å². The average molecular weight is 334 g/mol. The van der Waals surface area contributed by atoms with Crippen LogP contribution in [0.2, 0.25) is 24.7 Å². The fraction of sp³-hybridized carbons (Fsp3) is 0.368. The van der Waals surface area contributed by atoms with Crippen molar-refractivity contribution in [3.63, 3.8) is 0 Å². The number of hydrogen-bond donors (Lipinski definition) is 0. The van der Waals surface area contributed by atoms with Crippen LogP contribution in [0.25, 0.3) is 4.65 Å². The zero-order valence-corrected chi connectivity index (χ0v) is 17.7. The van der Waals surface area contributed by atoms with Crippen molar-refractivity contribution in [1.29, 1.82) is 0 Å². The molecule has 0 aromatic heterocycles. The zero-order chi connectivity index (χ0) is 16.4. The summed E-state index contributed by atoms with van der Waals surface area (Å²) in [4.78, 5) is 0. The van der Waals surface area contributed by atoms with E-state index in [0.29, 0.717) is 0 Å². The second-order valence-corrected chi connectivity index (χ2v) is 17.3. The van der Waals surface area contributed by atoms with Crippen molar-refractivity contribution in [3.05, 3.63) is 65.3 Å². The molecule has 0 saturated carbocycles. The average Bonchev–Trinajstić information content (AvgIpc) is 2.44. The summed E-state index contributed by atoms with van der Waals surface area (Å²) in [5, 5.41) is 2.99. The molecule has 0 heterocycles. The summed E-state index contributed by atoms with van der Waals surface area (Å²) < 4.78 is 5.63. The Balaban J connectivity index is 0.00000264. The van der Waals surface area contributed by atoms with Crippen LogP contribution in [0.3, 0.4) is 0 Å². The van der Waals surface area contributed by atoms with Crippen molar-refractivity contribution in [2.24, 2.45) is 0 Å². The minimum absolute atomic E-state index is 0. The normalized spacial score (nSPS) is 12.6. The monoisotopic (exact) mass is 333 g/mol. The van der Waals surface area contributed by atoms with Gasteiger partial charge in [-0.1, -0.05) is 125 Å². The van der Waals surface area contributed by atoms with Crippen molar-refractivity contribution in [3.8, 4) is 0 Å². The Hall–Kier alpha value is -0.569. The van der Waals surface area contributed by atoms with E-state index in [2.05, 4.69) is 101 Å². The maximum atomic E-state index is 5.63. The molecule has 0 N–H and O–H groups in total. The van der Waals surface area contributed by atoms with E-state index in [-0.39, 0.29) is 23.9 Å². The third-order valence-electron chi connectivity index (χ3n) is 3.97. The molecule has 1 nitrogen and oxygen atoms in total. The van der Waals surface area contributed by atoms with Crippen molar-refractivity contribution in [2.75, 3.05) is 0 Å².